The third kappa shape index (κ3) is 4.21. The van der Waals surface area contributed by atoms with E-state index in [4.69, 9.17) is 14.9 Å². The minimum absolute atomic E-state index is 0.380. The Bertz CT molecular complexity index is 1250. The Morgan fingerprint density at radius 3 is 2.59 bits per heavy atom. The number of hydrogen-bond donors (Lipinski definition) is 1. The van der Waals surface area contributed by atoms with Crippen LogP contribution in [0.2, 0.25) is 0 Å². The molecule has 1 saturated carbocycles. The summed E-state index contributed by atoms with van der Waals surface area (Å²) in [4.78, 5) is 4.78. The Hall–Kier alpha value is -3.67. The number of nitrogens with zero attached hydrogens (tertiary/aromatic N) is 4. The molecule has 32 heavy (non-hydrogen) atoms. The molecule has 2 heterocycles. The van der Waals surface area contributed by atoms with E-state index in [-0.39, 0.29) is 0 Å². The number of oxime groups is 1. The molecule has 0 atom stereocenters. The fourth-order valence-corrected chi connectivity index (χ4v) is 4.39. The van der Waals surface area contributed by atoms with Crippen molar-refractivity contribution in [2.45, 2.75) is 38.2 Å². The molecule has 1 aliphatic rings. The smallest absolute Gasteiger partial charge is 0.236 e. The first-order valence-corrected chi connectivity index (χ1v) is 11.0. The molecular weight excluding hydrogens is 400 g/mol. The van der Waals surface area contributed by atoms with Gasteiger partial charge in [0.15, 0.2) is 0 Å². The maximum atomic E-state index is 9.00. The van der Waals surface area contributed by atoms with Gasteiger partial charge in [-0.3, -0.25) is 4.68 Å². The molecule has 6 heteroatoms. The van der Waals surface area contributed by atoms with Gasteiger partial charge < -0.3 is 9.94 Å². The molecule has 1 N–H and O–H groups in total. The molecule has 0 amide bonds. The summed E-state index contributed by atoms with van der Waals surface area (Å²) in [5.41, 5.74) is 6.16. The summed E-state index contributed by atoms with van der Waals surface area (Å²) in [5.74, 6) is 1.08. The van der Waals surface area contributed by atoms with E-state index >= 15 is 0 Å². The van der Waals surface area contributed by atoms with Crippen LogP contribution in [-0.2, 0) is 13.7 Å². The second-order valence-corrected chi connectivity index (χ2v) is 8.38. The van der Waals surface area contributed by atoms with E-state index in [0.29, 0.717) is 18.4 Å². The van der Waals surface area contributed by atoms with Crippen molar-refractivity contribution < 1.29 is 9.94 Å². The van der Waals surface area contributed by atoms with Crippen molar-refractivity contribution in [2.24, 2.45) is 12.2 Å². The first-order chi connectivity index (χ1) is 15.7. The quantitative estimate of drug-likeness (QED) is 0.328. The molecule has 0 spiro atoms. The summed E-state index contributed by atoms with van der Waals surface area (Å²) in [7, 11) is 1.92. The first kappa shape index (κ1) is 20.2. The number of aryl methyl sites for hydroxylation is 1. The minimum Gasteiger partial charge on any atom is -0.472 e. The summed E-state index contributed by atoms with van der Waals surface area (Å²) in [5, 5.41) is 18.1. The SMILES string of the molecule is Cn1cc(C2CCC(=NO)CC2)c(OCc2ccc(-c3ccc4ccccc4n3)cc2)n1. The Balaban J connectivity index is 1.27. The third-order valence-corrected chi connectivity index (χ3v) is 6.19. The summed E-state index contributed by atoms with van der Waals surface area (Å²) in [6, 6.07) is 20.7. The van der Waals surface area contributed by atoms with Crippen LogP contribution in [0.25, 0.3) is 22.2 Å². The van der Waals surface area contributed by atoms with Crippen LogP contribution in [0, 0.1) is 0 Å². The van der Waals surface area contributed by atoms with E-state index in [1.54, 1.807) is 0 Å². The van der Waals surface area contributed by atoms with Gasteiger partial charge in [-0.05, 0) is 49.3 Å². The fourth-order valence-electron chi connectivity index (χ4n) is 4.39. The zero-order chi connectivity index (χ0) is 21.9. The van der Waals surface area contributed by atoms with Crippen molar-refractivity contribution in [1.82, 2.24) is 14.8 Å². The van der Waals surface area contributed by atoms with Crippen LogP contribution in [0.15, 0.2) is 72.0 Å². The number of aromatic nitrogens is 3. The predicted molar refractivity (Wildman–Crippen MR) is 125 cm³/mol. The molecule has 2 aromatic carbocycles. The number of para-hydroxylation sites is 1. The highest BCUT2D eigenvalue weighted by molar-refractivity contribution is 5.84. The van der Waals surface area contributed by atoms with Crippen molar-refractivity contribution in [3.05, 3.63) is 78.0 Å². The van der Waals surface area contributed by atoms with E-state index in [2.05, 4.69) is 58.9 Å². The number of rotatable bonds is 5. The second-order valence-electron chi connectivity index (χ2n) is 8.38. The lowest BCUT2D eigenvalue weighted by molar-refractivity contribution is 0.284. The van der Waals surface area contributed by atoms with Gasteiger partial charge in [0.25, 0.3) is 0 Å². The van der Waals surface area contributed by atoms with Gasteiger partial charge in [-0.2, -0.15) is 0 Å². The van der Waals surface area contributed by atoms with Crippen molar-refractivity contribution in [3.8, 4) is 17.1 Å². The van der Waals surface area contributed by atoms with Crippen molar-refractivity contribution in [1.29, 1.82) is 0 Å². The van der Waals surface area contributed by atoms with E-state index in [9.17, 15) is 0 Å². The average molecular weight is 427 g/mol. The van der Waals surface area contributed by atoms with Gasteiger partial charge in [-0.15, -0.1) is 5.10 Å². The highest BCUT2D eigenvalue weighted by atomic mass is 16.5. The molecule has 1 fully saturated rings. The maximum absolute atomic E-state index is 9.00. The first-order valence-electron chi connectivity index (χ1n) is 11.0. The van der Waals surface area contributed by atoms with Crippen LogP contribution < -0.4 is 4.74 Å². The van der Waals surface area contributed by atoms with Gasteiger partial charge in [0.1, 0.15) is 6.61 Å². The number of benzene rings is 2. The van der Waals surface area contributed by atoms with Crippen LogP contribution in [0.4, 0.5) is 0 Å². The number of fused-ring (bicyclic) bond motifs is 1. The van der Waals surface area contributed by atoms with Crippen molar-refractivity contribution >= 4 is 16.6 Å². The van der Waals surface area contributed by atoms with Gasteiger partial charge in [0.05, 0.1) is 16.9 Å². The van der Waals surface area contributed by atoms with Crippen LogP contribution in [0.3, 0.4) is 0 Å². The fraction of sp³-hybridized carbons (Fsp3) is 0.269. The normalized spacial score (nSPS) is 16.3. The lowest BCUT2D eigenvalue weighted by Gasteiger charge is -2.22. The van der Waals surface area contributed by atoms with Gasteiger partial charge >= 0.3 is 0 Å². The van der Waals surface area contributed by atoms with E-state index in [1.807, 2.05) is 29.9 Å². The van der Waals surface area contributed by atoms with Crippen LogP contribution in [0.5, 0.6) is 5.88 Å². The monoisotopic (exact) mass is 426 g/mol. The summed E-state index contributed by atoms with van der Waals surface area (Å²) in [6.07, 6.45) is 5.60. The summed E-state index contributed by atoms with van der Waals surface area (Å²) in [6.45, 7) is 0.464. The molecule has 0 aliphatic heterocycles. The molecule has 162 valence electrons. The zero-order valence-electron chi connectivity index (χ0n) is 18.1. The van der Waals surface area contributed by atoms with Crippen LogP contribution >= 0.6 is 0 Å². The topological polar surface area (TPSA) is 72.5 Å². The van der Waals surface area contributed by atoms with Crippen LogP contribution in [-0.4, -0.2) is 25.7 Å². The lowest BCUT2D eigenvalue weighted by Crippen LogP contribution is -2.13. The minimum atomic E-state index is 0.380. The van der Waals surface area contributed by atoms with Gasteiger partial charge in [-0.25, -0.2) is 4.98 Å². The largest absolute Gasteiger partial charge is 0.472 e. The highest BCUT2D eigenvalue weighted by Gasteiger charge is 2.24. The Morgan fingerprint density at radius 2 is 1.81 bits per heavy atom. The van der Waals surface area contributed by atoms with Gasteiger partial charge in [0, 0.05) is 29.8 Å². The molecule has 0 saturated heterocycles. The van der Waals surface area contributed by atoms with E-state index in [0.717, 1.165) is 64.7 Å². The van der Waals surface area contributed by atoms with Crippen molar-refractivity contribution in [3.63, 3.8) is 0 Å². The summed E-state index contributed by atoms with van der Waals surface area (Å²) >= 11 is 0. The highest BCUT2D eigenvalue weighted by Crippen LogP contribution is 2.36. The zero-order valence-corrected chi connectivity index (χ0v) is 18.1. The van der Waals surface area contributed by atoms with E-state index in [1.165, 1.54) is 0 Å². The molecule has 0 bridgehead atoms. The van der Waals surface area contributed by atoms with Gasteiger partial charge in [-0.1, -0.05) is 53.7 Å². The molecule has 6 nitrogen and oxygen atoms in total. The van der Waals surface area contributed by atoms with Gasteiger partial charge in [0.2, 0.25) is 5.88 Å². The number of pyridine rings is 1. The lowest BCUT2D eigenvalue weighted by atomic mass is 9.84. The molecule has 5 rings (SSSR count). The van der Waals surface area contributed by atoms with E-state index < -0.39 is 0 Å². The molecule has 4 aromatic rings. The standard InChI is InChI=1S/C26H26N4O2/c1-30-16-23(19-10-13-22(29-31)14-11-19)26(28-30)32-17-18-6-8-21(9-7-18)25-15-12-20-4-2-3-5-24(20)27-25/h2-9,12,15-16,19,31H,10-11,13-14,17H2,1H3. The Morgan fingerprint density at radius 1 is 1.03 bits per heavy atom. The van der Waals surface area contributed by atoms with Crippen LogP contribution in [0.1, 0.15) is 42.7 Å². The third-order valence-electron chi connectivity index (χ3n) is 6.19. The second kappa shape index (κ2) is 8.83. The molecule has 2 aromatic heterocycles. The Labute approximate surface area is 187 Å². The van der Waals surface area contributed by atoms with Crippen molar-refractivity contribution in [2.75, 3.05) is 0 Å². The number of hydrogen-bond acceptors (Lipinski definition) is 5. The molecule has 1 aliphatic carbocycles. The maximum Gasteiger partial charge on any atom is 0.236 e. The Kier molecular flexibility index (Phi) is 5.58. The molecule has 0 unspecified atom stereocenters. The molecular formula is C26H26N4O2. The predicted octanol–water partition coefficient (Wildman–Crippen LogP) is 5.70. The number of ether oxygens (including phenoxy) is 1. The average Bonchev–Trinajstić information content (AvgIpc) is 3.23. The molecule has 0 radical (unpaired) electrons. The summed E-state index contributed by atoms with van der Waals surface area (Å²) < 4.78 is 7.94.